The summed E-state index contributed by atoms with van der Waals surface area (Å²) in [5.41, 5.74) is 11.5. The van der Waals surface area contributed by atoms with Gasteiger partial charge in [0.2, 0.25) is 0 Å². The van der Waals surface area contributed by atoms with E-state index in [4.69, 9.17) is 11.5 Å². The fourth-order valence-electron chi connectivity index (χ4n) is 0. The Balaban J connectivity index is -0.0000000133. The molecule has 32 valence electrons. The molecule has 5 heavy (non-hydrogen) atoms. The van der Waals surface area contributed by atoms with Crippen LogP contribution in [0.2, 0.25) is 0 Å². The van der Waals surface area contributed by atoms with Crippen LogP contribution >= 0.6 is 0 Å². The maximum atomic E-state index is 5.75. The number of hydrogen-bond acceptors (Lipinski definition) is 0. The number of hydrogen-bond donors (Lipinski definition) is 0. The first-order valence-corrected chi connectivity index (χ1v) is 1.00. The maximum absolute atomic E-state index is 5.75. The van der Waals surface area contributed by atoms with Gasteiger partial charge in [-0.3, -0.25) is 0 Å². The molecule has 2 nitrogen and oxygen atoms in total. The molecular formula is C2H8GeN2-2. The summed E-state index contributed by atoms with van der Waals surface area (Å²) < 4.78 is 0. The van der Waals surface area contributed by atoms with Gasteiger partial charge in [0.15, 0.2) is 0 Å². The van der Waals surface area contributed by atoms with Gasteiger partial charge < -0.3 is 11.5 Å². The fraction of sp³-hybridized carbons (Fsp3) is 1.00. The van der Waals surface area contributed by atoms with Crippen molar-refractivity contribution in [2.24, 2.45) is 0 Å². The van der Waals surface area contributed by atoms with E-state index in [9.17, 15) is 0 Å². The van der Waals surface area contributed by atoms with Crippen molar-refractivity contribution in [2.45, 2.75) is 0 Å². The Morgan fingerprint density at radius 2 is 0.800 bits per heavy atom. The van der Waals surface area contributed by atoms with Crippen LogP contribution in [-0.2, 0) is 0 Å². The zero-order valence-corrected chi connectivity index (χ0v) is 5.60. The average Bonchev–Trinajstić information content (AvgIpc) is 1.50. The minimum Gasteiger partial charge on any atom is -0.680 e. The molecule has 0 saturated heterocycles. The van der Waals surface area contributed by atoms with Crippen LogP contribution in [0.1, 0.15) is 0 Å². The predicted octanol–water partition coefficient (Wildman–Crippen LogP) is 0.956. The molecule has 0 aromatic heterocycles. The van der Waals surface area contributed by atoms with Gasteiger partial charge in [-0.25, -0.2) is 0 Å². The molecule has 0 heterocycles. The summed E-state index contributed by atoms with van der Waals surface area (Å²) in [7, 11) is 2.50. The van der Waals surface area contributed by atoms with E-state index in [0.717, 1.165) is 0 Å². The van der Waals surface area contributed by atoms with Gasteiger partial charge in [-0.1, -0.05) is 0 Å². The van der Waals surface area contributed by atoms with Crippen molar-refractivity contribution >= 4 is 17.6 Å². The molecule has 0 spiro atoms. The van der Waals surface area contributed by atoms with E-state index in [1.807, 2.05) is 0 Å². The van der Waals surface area contributed by atoms with Gasteiger partial charge in [-0.2, -0.15) is 14.1 Å². The molecule has 0 aliphatic heterocycles. The smallest absolute Gasteiger partial charge is 0 e. The van der Waals surface area contributed by atoms with E-state index in [1.165, 1.54) is 14.1 Å². The summed E-state index contributed by atoms with van der Waals surface area (Å²) in [6.45, 7) is 0. The van der Waals surface area contributed by atoms with E-state index < -0.39 is 0 Å². The molecule has 0 atom stereocenters. The third kappa shape index (κ3) is 126. The first-order valence-electron chi connectivity index (χ1n) is 1.00. The molecule has 0 aromatic carbocycles. The van der Waals surface area contributed by atoms with Gasteiger partial charge in [-0.15, -0.1) is 0 Å². The first-order chi connectivity index (χ1) is 2.00. The topological polar surface area (TPSA) is 47.6 Å². The zero-order valence-electron chi connectivity index (χ0n) is 3.50. The summed E-state index contributed by atoms with van der Waals surface area (Å²) in [6, 6.07) is 0. The van der Waals surface area contributed by atoms with Gasteiger partial charge in [0.25, 0.3) is 0 Å². The van der Waals surface area contributed by atoms with E-state index in [1.54, 1.807) is 0 Å². The fourth-order valence-corrected chi connectivity index (χ4v) is 0. The quantitative estimate of drug-likeness (QED) is 0.441. The predicted molar refractivity (Wildman–Crippen MR) is 26.2 cm³/mol. The van der Waals surface area contributed by atoms with E-state index in [-0.39, 0.29) is 17.6 Å². The van der Waals surface area contributed by atoms with Crippen molar-refractivity contribution in [3.05, 3.63) is 11.5 Å². The second-order valence-corrected chi connectivity index (χ2v) is 0. The van der Waals surface area contributed by atoms with Crippen molar-refractivity contribution in [1.82, 2.24) is 0 Å². The van der Waals surface area contributed by atoms with Crippen molar-refractivity contribution in [3.8, 4) is 0 Å². The maximum Gasteiger partial charge on any atom is 0 e. The molecule has 0 saturated carbocycles. The largest absolute Gasteiger partial charge is 0.680 e. The zero-order chi connectivity index (χ0) is 4.00. The third-order valence-corrected chi connectivity index (χ3v) is 0. The van der Waals surface area contributed by atoms with Crippen molar-refractivity contribution in [1.29, 1.82) is 0 Å². The Kier molecular flexibility index (Phi) is 896. The van der Waals surface area contributed by atoms with Crippen LogP contribution < -0.4 is 0 Å². The van der Waals surface area contributed by atoms with E-state index >= 15 is 0 Å². The van der Waals surface area contributed by atoms with Gasteiger partial charge in [0.05, 0.1) is 0 Å². The Morgan fingerprint density at radius 1 is 0.800 bits per heavy atom. The molecule has 0 unspecified atom stereocenters. The van der Waals surface area contributed by atoms with Crippen LogP contribution in [0.3, 0.4) is 0 Å². The second-order valence-electron chi connectivity index (χ2n) is 0. The number of nitrogens with one attached hydrogen (secondary N) is 2. The van der Waals surface area contributed by atoms with Crippen molar-refractivity contribution < 1.29 is 0 Å². The Bertz CT molecular complexity index is 7.61. The third-order valence-electron chi connectivity index (χ3n) is 0. The van der Waals surface area contributed by atoms with Crippen LogP contribution in [0, 0.1) is 0 Å². The van der Waals surface area contributed by atoms with Crippen LogP contribution in [0.25, 0.3) is 11.5 Å². The Morgan fingerprint density at radius 3 is 0.800 bits per heavy atom. The molecule has 0 bridgehead atoms. The van der Waals surface area contributed by atoms with Crippen LogP contribution in [0.4, 0.5) is 0 Å². The van der Waals surface area contributed by atoms with Gasteiger partial charge in [-0.05, 0) is 0 Å². The molecule has 0 fully saturated rings. The summed E-state index contributed by atoms with van der Waals surface area (Å²) in [4.78, 5) is 0. The van der Waals surface area contributed by atoms with Gasteiger partial charge in [0, 0.05) is 17.6 Å². The summed E-state index contributed by atoms with van der Waals surface area (Å²) in [5, 5.41) is 0. The van der Waals surface area contributed by atoms with Crippen LogP contribution in [0.5, 0.6) is 0 Å². The summed E-state index contributed by atoms with van der Waals surface area (Å²) in [5.74, 6) is 0. The normalized spacial score (nSPS) is 2.40. The summed E-state index contributed by atoms with van der Waals surface area (Å²) in [6.07, 6.45) is 0. The SMILES string of the molecule is C[NH-].C[NH-].[Ge]. The number of rotatable bonds is 0. The summed E-state index contributed by atoms with van der Waals surface area (Å²) >= 11 is 0. The van der Waals surface area contributed by atoms with Crippen molar-refractivity contribution in [3.63, 3.8) is 0 Å². The minimum atomic E-state index is 0. The molecule has 3 heteroatoms. The molecule has 4 radical (unpaired) electrons. The minimum absolute atomic E-state index is 0. The molecule has 0 aromatic rings. The van der Waals surface area contributed by atoms with Crippen LogP contribution in [-0.4, -0.2) is 31.7 Å². The second kappa shape index (κ2) is 250. The molecule has 0 aliphatic rings. The molecule has 0 amide bonds. The first kappa shape index (κ1) is 17.9. The van der Waals surface area contributed by atoms with Gasteiger partial charge >= 0.3 is 0 Å². The average molecular weight is 133 g/mol. The Labute approximate surface area is 43.9 Å². The van der Waals surface area contributed by atoms with Crippen LogP contribution in [0.15, 0.2) is 0 Å². The van der Waals surface area contributed by atoms with E-state index in [0.29, 0.717) is 0 Å². The van der Waals surface area contributed by atoms with Crippen molar-refractivity contribution in [2.75, 3.05) is 14.1 Å². The van der Waals surface area contributed by atoms with Gasteiger partial charge in [0.1, 0.15) is 0 Å². The van der Waals surface area contributed by atoms with E-state index in [2.05, 4.69) is 0 Å². The molecule has 2 N–H and O–H groups in total. The molecule has 0 rings (SSSR count). The molecular weight excluding hydrogens is 125 g/mol. The standard InChI is InChI=1S/2CH4N.Ge/c2*1-2;/h2*2H,1H3;/q2*-1;. The monoisotopic (exact) mass is 134 g/mol. The molecule has 0 aliphatic carbocycles. The Hall–Kier alpha value is 0.463.